The Labute approximate surface area is 227 Å². The lowest BCUT2D eigenvalue weighted by molar-refractivity contribution is -0.139. The summed E-state index contributed by atoms with van der Waals surface area (Å²) in [6.45, 7) is 1.28. The highest BCUT2D eigenvalue weighted by atomic mass is 32.2. The van der Waals surface area contributed by atoms with E-state index >= 15 is 0 Å². The number of ether oxygens (including phenoxy) is 1. The first-order chi connectivity index (χ1) is 18.3. The summed E-state index contributed by atoms with van der Waals surface area (Å²) >= 11 is 0.921. The van der Waals surface area contributed by atoms with Crippen LogP contribution in [-0.2, 0) is 26.7 Å². The van der Waals surface area contributed by atoms with Crippen molar-refractivity contribution in [1.82, 2.24) is 5.32 Å². The third-order valence-electron chi connectivity index (χ3n) is 5.95. The molecule has 0 aliphatic carbocycles. The van der Waals surface area contributed by atoms with Crippen molar-refractivity contribution >= 4 is 31.2 Å². The Bertz CT molecular complexity index is 1370. The van der Waals surface area contributed by atoms with Gasteiger partial charge in [0.2, 0.25) is 5.91 Å². The third kappa shape index (κ3) is 7.63. The number of amides is 1. The van der Waals surface area contributed by atoms with E-state index in [4.69, 9.17) is 14.5 Å². The molecule has 13 heteroatoms. The maximum absolute atomic E-state index is 14.1. The molecule has 1 aliphatic heterocycles. The van der Waals surface area contributed by atoms with E-state index in [1.54, 1.807) is 24.3 Å². The molecule has 0 unspecified atom stereocenters. The average Bonchev–Trinajstić information content (AvgIpc) is 2.88. The van der Waals surface area contributed by atoms with Gasteiger partial charge in [-0.2, -0.15) is 13.2 Å². The van der Waals surface area contributed by atoms with E-state index in [0.717, 1.165) is 28.3 Å². The number of nitrogens with one attached hydrogen (secondary N) is 1. The first-order valence-corrected chi connectivity index (χ1v) is 14.1. The maximum atomic E-state index is 14.1. The molecular formula is C26H26F3N2O6PS. The topological polar surface area (TPSA) is 108 Å². The fourth-order valence-corrected chi connectivity index (χ4v) is 5.41. The van der Waals surface area contributed by atoms with Gasteiger partial charge in [-0.1, -0.05) is 48.2 Å². The smallest absolute Gasteiger partial charge is 0.469 e. The van der Waals surface area contributed by atoms with Crippen LogP contribution in [0.2, 0.25) is 0 Å². The van der Waals surface area contributed by atoms with Crippen molar-refractivity contribution in [3.8, 4) is 5.75 Å². The van der Waals surface area contributed by atoms with Crippen LogP contribution < -0.4 is 15.0 Å². The molecule has 3 aromatic carbocycles. The molecule has 1 atom stereocenters. The zero-order chi connectivity index (χ0) is 28.3. The zero-order valence-corrected chi connectivity index (χ0v) is 22.4. The predicted molar refractivity (Wildman–Crippen MR) is 140 cm³/mol. The van der Waals surface area contributed by atoms with Crippen LogP contribution in [0, 0.1) is 0 Å². The van der Waals surface area contributed by atoms with Gasteiger partial charge in [-0.3, -0.25) is 14.6 Å². The highest BCUT2D eigenvalue weighted by Gasteiger charge is 2.43. The van der Waals surface area contributed by atoms with Gasteiger partial charge in [-0.15, -0.1) is 0 Å². The number of piperazine rings is 1. The lowest BCUT2D eigenvalue weighted by Gasteiger charge is -2.40. The van der Waals surface area contributed by atoms with E-state index < -0.39 is 37.6 Å². The summed E-state index contributed by atoms with van der Waals surface area (Å²) in [5.41, 5.74) is -1.48. The molecule has 3 aromatic rings. The fraction of sp³-hybridized carbons (Fsp3) is 0.269. The second kappa shape index (κ2) is 11.7. The number of hydrogen-bond acceptors (Lipinski definition) is 6. The molecular weight excluding hydrogens is 556 g/mol. The molecule has 0 aromatic heterocycles. The van der Waals surface area contributed by atoms with Crippen LogP contribution in [-0.4, -0.2) is 40.9 Å². The van der Waals surface area contributed by atoms with Gasteiger partial charge < -0.3 is 19.4 Å². The average molecular weight is 583 g/mol. The van der Waals surface area contributed by atoms with Crippen LogP contribution in [0.1, 0.15) is 18.1 Å². The Balaban J connectivity index is 1.55. The number of carbonyl (C=O) groups excluding carboxylic acids is 1. The number of alkyl halides is 3. The van der Waals surface area contributed by atoms with E-state index in [2.05, 4.69) is 9.84 Å². The fourth-order valence-electron chi connectivity index (χ4n) is 3.98. The van der Waals surface area contributed by atoms with Gasteiger partial charge in [0.15, 0.2) is 0 Å². The second-order valence-electron chi connectivity index (χ2n) is 9.01. The van der Waals surface area contributed by atoms with Gasteiger partial charge in [-0.05, 0) is 48.9 Å². The lowest BCUT2D eigenvalue weighted by atomic mass is 9.98. The largest absolute Gasteiger partial charge is 0.489 e. The van der Waals surface area contributed by atoms with Gasteiger partial charge in [0.25, 0.3) is 0 Å². The normalized spacial score (nSPS) is 18.3. The Morgan fingerprint density at radius 3 is 2.51 bits per heavy atom. The molecule has 1 saturated heterocycles. The molecule has 0 saturated carbocycles. The first kappa shape index (κ1) is 29.1. The SMILES string of the molecule is C[C@@]1(COP(=O)(O)O)NCCN(c2ccc(Sc3cccc(OCc4ccccc4)c3)c(C(F)(F)F)c2)C1=O. The minimum Gasteiger partial charge on any atom is -0.489 e. The van der Waals surface area contributed by atoms with Crippen LogP contribution >= 0.6 is 19.6 Å². The number of anilines is 1. The monoisotopic (exact) mass is 582 g/mol. The molecule has 1 heterocycles. The minimum absolute atomic E-state index is 0.0144. The molecule has 1 fully saturated rings. The number of phosphoric acid groups is 1. The van der Waals surface area contributed by atoms with E-state index in [1.165, 1.54) is 19.1 Å². The van der Waals surface area contributed by atoms with Crippen molar-refractivity contribution in [2.45, 2.75) is 35.0 Å². The number of halogens is 3. The standard InChI is InChI=1S/C26H26F3N2O6PS/c1-25(17-37-38(33,34)35)24(32)31(13-12-30-25)19-10-11-23(22(14-19)26(27,28)29)39-21-9-5-8-20(15-21)36-16-18-6-3-2-4-7-18/h2-11,14-15,30H,12-13,16-17H2,1H3,(H2,33,34,35)/t25-/m0/s1. The summed E-state index contributed by atoms with van der Waals surface area (Å²) in [5.74, 6) is -0.156. The molecule has 0 spiro atoms. The second-order valence-corrected chi connectivity index (χ2v) is 11.4. The van der Waals surface area contributed by atoms with Crippen molar-refractivity contribution in [1.29, 1.82) is 0 Å². The van der Waals surface area contributed by atoms with Crippen LogP contribution in [0.3, 0.4) is 0 Å². The van der Waals surface area contributed by atoms with Gasteiger partial charge in [0, 0.05) is 28.6 Å². The van der Waals surface area contributed by atoms with E-state index in [1.807, 2.05) is 30.3 Å². The van der Waals surface area contributed by atoms with E-state index in [-0.39, 0.29) is 23.7 Å². The summed E-state index contributed by atoms with van der Waals surface area (Å²) < 4.78 is 63.8. The lowest BCUT2D eigenvalue weighted by Crippen LogP contribution is -2.65. The maximum Gasteiger partial charge on any atom is 0.469 e. The highest BCUT2D eigenvalue weighted by molar-refractivity contribution is 7.99. The summed E-state index contributed by atoms with van der Waals surface area (Å²) in [4.78, 5) is 32.8. The zero-order valence-electron chi connectivity index (χ0n) is 20.7. The summed E-state index contributed by atoms with van der Waals surface area (Å²) in [5, 5.41) is 2.83. The number of hydrogen-bond donors (Lipinski definition) is 3. The Kier molecular flexibility index (Phi) is 8.75. The van der Waals surface area contributed by atoms with Crippen LogP contribution in [0.5, 0.6) is 5.75 Å². The molecule has 3 N–H and O–H groups in total. The van der Waals surface area contributed by atoms with Crippen molar-refractivity contribution in [3.63, 3.8) is 0 Å². The molecule has 4 rings (SSSR count). The molecule has 1 amide bonds. The molecule has 39 heavy (non-hydrogen) atoms. The number of phosphoric ester groups is 1. The Morgan fingerprint density at radius 2 is 1.82 bits per heavy atom. The van der Waals surface area contributed by atoms with Crippen molar-refractivity contribution in [2.24, 2.45) is 0 Å². The van der Waals surface area contributed by atoms with Gasteiger partial charge >= 0.3 is 14.0 Å². The van der Waals surface area contributed by atoms with E-state index in [0.29, 0.717) is 17.3 Å². The summed E-state index contributed by atoms with van der Waals surface area (Å²) in [6.07, 6.45) is -4.70. The van der Waals surface area contributed by atoms with Gasteiger partial charge in [0.05, 0.1) is 12.2 Å². The molecule has 1 aliphatic rings. The number of carbonyl (C=O) groups is 1. The van der Waals surface area contributed by atoms with Gasteiger partial charge in [0.1, 0.15) is 17.9 Å². The van der Waals surface area contributed by atoms with E-state index in [9.17, 15) is 22.5 Å². The molecule has 8 nitrogen and oxygen atoms in total. The van der Waals surface area contributed by atoms with Crippen molar-refractivity contribution in [3.05, 3.63) is 83.9 Å². The number of benzene rings is 3. The third-order valence-corrected chi connectivity index (χ3v) is 7.48. The number of nitrogens with zero attached hydrogens (tertiary/aromatic N) is 1. The number of rotatable bonds is 9. The van der Waals surface area contributed by atoms with Crippen molar-refractivity contribution in [2.75, 3.05) is 24.6 Å². The van der Waals surface area contributed by atoms with Crippen LogP contribution in [0.4, 0.5) is 18.9 Å². The Hall–Kier alpha value is -2.86. The van der Waals surface area contributed by atoms with Crippen LogP contribution in [0.25, 0.3) is 0 Å². The molecule has 0 bridgehead atoms. The molecule has 208 valence electrons. The quantitative estimate of drug-likeness (QED) is 0.294. The highest BCUT2D eigenvalue weighted by Crippen LogP contribution is 2.43. The van der Waals surface area contributed by atoms with Crippen LogP contribution in [0.15, 0.2) is 82.6 Å². The Morgan fingerprint density at radius 1 is 1.08 bits per heavy atom. The predicted octanol–water partition coefficient (Wildman–Crippen LogP) is 5.24. The summed E-state index contributed by atoms with van der Waals surface area (Å²) in [6, 6.07) is 19.9. The minimum atomic E-state index is -4.86. The van der Waals surface area contributed by atoms with Gasteiger partial charge in [-0.25, -0.2) is 4.57 Å². The molecule has 0 radical (unpaired) electrons. The first-order valence-electron chi connectivity index (χ1n) is 11.8. The van der Waals surface area contributed by atoms with Crippen molar-refractivity contribution < 1.29 is 41.6 Å². The summed E-state index contributed by atoms with van der Waals surface area (Å²) in [7, 11) is -4.86.